The molecule has 1 aromatic rings. The highest BCUT2D eigenvalue weighted by molar-refractivity contribution is 6.08. The van der Waals surface area contributed by atoms with Crippen LogP contribution in [0.5, 0.6) is 0 Å². The molecule has 1 aromatic carbocycles. The molecule has 4 nitrogen and oxygen atoms in total. The molecule has 2 heterocycles. The number of amides is 1. The van der Waals surface area contributed by atoms with E-state index in [4.69, 9.17) is 4.74 Å². The average Bonchev–Trinajstić information content (AvgIpc) is 2.75. The zero-order valence-corrected chi connectivity index (χ0v) is 10.7. The molecule has 2 aliphatic rings. The van der Waals surface area contributed by atoms with Gasteiger partial charge in [-0.15, -0.1) is 0 Å². The van der Waals surface area contributed by atoms with Gasteiger partial charge in [0.25, 0.3) is 5.91 Å². The molecule has 3 rings (SSSR count). The van der Waals surface area contributed by atoms with E-state index >= 15 is 0 Å². The topological polar surface area (TPSA) is 55.4 Å². The van der Waals surface area contributed by atoms with Crippen LogP contribution in [0, 0.1) is 19.8 Å². The van der Waals surface area contributed by atoms with E-state index in [1.807, 2.05) is 26.0 Å². The molecule has 0 aromatic heterocycles. The second-order valence-corrected chi connectivity index (χ2v) is 5.26. The van der Waals surface area contributed by atoms with E-state index in [0.717, 1.165) is 22.4 Å². The van der Waals surface area contributed by atoms with Crippen LogP contribution in [-0.4, -0.2) is 11.9 Å². The van der Waals surface area contributed by atoms with Gasteiger partial charge in [-0.05, 0) is 25.0 Å². The zero-order chi connectivity index (χ0) is 13.1. The van der Waals surface area contributed by atoms with Crippen LogP contribution in [0.4, 0.5) is 5.69 Å². The molecule has 94 valence electrons. The molecular formula is C14H15NO3. The molecule has 2 atom stereocenters. The van der Waals surface area contributed by atoms with Gasteiger partial charge in [-0.25, -0.2) is 0 Å². The summed E-state index contributed by atoms with van der Waals surface area (Å²) < 4.78 is 5.45. The second kappa shape index (κ2) is 3.34. The number of fused-ring (bicyclic) bond motifs is 2. The van der Waals surface area contributed by atoms with Crippen LogP contribution >= 0.6 is 0 Å². The monoisotopic (exact) mass is 245 g/mol. The number of carbonyl (C=O) groups excluding carboxylic acids is 2. The smallest absolute Gasteiger partial charge is 0.310 e. The molecule has 4 heteroatoms. The summed E-state index contributed by atoms with van der Waals surface area (Å²) in [7, 11) is 0. The van der Waals surface area contributed by atoms with Crippen molar-refractivity contribution in [2.45, 2.75) is 32.8 Å². The van der Waals surface area contributed by atoms with Crippen molar-refractivity contribution in [1.29, 1.82) is 0 Å². The normalized spacial score (nSPS) is 29.4. The zero-order valence-electron chi connectivity index (χ0n) is 10.7. The Labute approximate surface area is 105 Å². The maximum atomic E-state index is 12.3. The molecule has 2 aliphatic heterocycles. The van der Waals surface area contributed by atoms with E-state index in [0.29, 0.717) is 6.42 Å². The third-order valence-corrected chi connectivity index (χ3v) is 3.90. The van der Waals surface area contributed by atoms with Crippen molar-refractivity contribution in [1.82, 2.24) is 0 Å². The minimum atomic E-state index is -1.10. The highest BCUT2D eigenvalue weighted by atomic mass is 16.6. The Morgan fingerprint density at radius 1 is 1.28 bits per heavy atom. The molecule has 0 aliphatic carbocycles. The number of benzene rings is 1. The van der Waals surface area contributed by atoms with Gasteiger partial charge in [-0.1, -0.05) is 19.1 Å². The van der Waals surface area contributed by atoms with Gasteiger partial charge in [0.2, 0.25) is 5.60 Å². The lowest BCUT2D eigenvalue weighted by atomic mass is 9.85. The minimum Gasteiger partial charge on any atom is -0.444 e. The summed E-state index contributed by atoms with van der Waals surface area (Å²) in [5, 5.41) is 2.86. The van der Waals surface area contributed by atoms with E-state index < -0.39 is 5.60 Å². The third-order valence-electron chi connectivity index (χ3n) is 3.90. The molecular weight excluding hydrogens is 230 g/mol. The average molecular weight is 245 g/mol. The summed E-state index contributed by atoms with van der Waals surface area (Å²) >= 11 is 0. The van der Waals surface area contributed by atoms with Crippen LogP contribution < -0.4 is 5.32 Å². The fraction of sp³-hybridized carbons (Fsp3) is 0.429. The van der Waals surface area contributed by atoms with Crippen LogP contribution in [-0.2, 0) is 19.9 Å². The predicted octanol–water partition coefficient (Wildman–Crippen LogP) is 2.03. The lowest BCUT2D eigenvalue weighted by molar-refractivity contribution is -0.157. The molecule has 1 saturated heterocycles. The van der Waals surface area contributed by atoms with Crippen molar-refractivity contribution in [3.8, 4) is 0 Å². The molecule has 1 fully saturated rings. The first-order valence-corrected chi connectivity index (χ1v) is 6.11. The molecule has 0 saturated carbocycles. The van der Waals surface area contributed by atoms with Crippen molar-refractivity contribution in [3.63, 3.8) is 0 Å². The summed E-state index contributed by atoms with van der Waals surface area (Å²) in [5.74, 6) is -0.742. The Bertz CT molecular complexity index is 579. The molecule has 1 amide bonds. The standard InChI is InChI=1S/C14H15NO3/c1-7-4-5-8(2)11-10(7)14(13(17)15-11)6-9(3)12(16)18-14/h4-5,9H,6H2,1-3H3,(H,15,17). The van der Waals surface area contributed by atoms with E-state index in [1.165, 1.54) is 0 Å². The van der Waals surface area contributed by atoms with Crippen LogP contribution in [0.2, 0.25) is 0 Å². The molecule has 1 N–H and O–H groups in total. The highest BCUT2D eigenvalue weighted by Crippen LogP contribution is 2.49. The number of ether oxygens (including phenoxy) is 1. The van der Waals surface area contributed by atoms with E-state index in [9.17, 15) is 9.59 Å². The summed E-state index contributed by atoms with van der Waals surface area (Å²) in [6.07, 6.45) is 0.426. The fourth-order valence-corrected chi connectivity index (χ4v) is 2.94. The number of nitrogens with one attached hydrogen (secondary N) is 1. The molecule has 0 radical (unpaired) electrons. The SMILES string of the molecule is Cc1ccc(C)c2c1NC(=O)C21CC(C)C(=O)O1. The Kier molecular flexibility index (Phi) is 2.09. The number of esters is 1. The van der Waals surface area contributed by atoms with Crippen molar-refractivity contribution in [2.75, 3.05) is 5.32 Å². The lowest BCUT2D eigenvalue weighted by Crippen LogP contribution is -2.34. The van der Waals surface area contributed by atoms with Gasteiger partial charge in [0.15, 0.2) is 0 Å². The van der Waals surface area contributed by atoms with Crippen LogP contribution in [0.1, 0.15) is 30.0 Å². The van der Waals surface area contributed by atoms with Crippen LogP contribution in [0.25, 0.3) is 0 Å². The molecule has 0 bridgehead atoms. The van der Waals surface area contributed by atoms with Crippen molar-refractivity contribution >= 4 is 17.6 Å². The van der Waals surface area contributed by atoms with Gasteiger partial charge in [0.05, 0.1) is 11.6 Å². The van der Waals surface area contributed by atoms with Gasteiger partial charge in [-0.2, -0.15) is 0 Å². The van der Waals surface area contributed by atoms with E-state index in [1.54, 1.807) is 6.92 Å². The summed E-state index contributed by atoms with van der Waals surface area (Å²) in [4.78, 5) is 23.9. The maximum Gasteiger partial charge on any atom is 0.310 e. The molecule has 18 heavy (non-hydrogen) atoms. The quantitative estimate of drug-likeness (QED) is 0.711. The third kappa shape index (κ3) is 1.20. The number of rotatable bonds is 0. The minimum absolute atomic E-state index is 0.215. The highest BCUT2D eigenvalue weighted by Gasteiger charge is 2.57. The van der Waals surface area contributed by atoms with E-state index in [2.05, 4.69) is 5.32 Å². The Hall–Kier alpha value is -1.84. The van der Waals surface area contributed by atoms with Crippen molar-refractivity contribution in [3.05, 3.63) is 28.8 Å². The van der Waals surface area contributed by atoms with Crippen LogP contribution in [0.15, 0.2) is 12.1 Å². The van der Waals surface area contributed by atoms with Crippen LogP contribution in [0.3, 0.4) is 0 Å². The van der Waals surface area contributed by atoms with Gasteiger partial charge < -0.3 is 10.1 Å². The second-order valence-electron chi connectivity index (χ2n) is 5.26. The maximum absolute atomic E-state index is 12.3. The van der Waals surface area contributed by atoms with Gasteiger partial charge >= 0.3 is 5.97 Å². The lowest BCUT2D eigenvalue weighted by Gasteiger charge is -2.21. The number of carbonyl (C=O) groups is 2. The van der Waals surface area contributed by atoms with Gasteiger partial charge in [-0.3, -0.25) is 9.59 Å². The van der Waals surface area contributed by atoms with Gasteiger partial charge in [0.1, 0.15) is 0 Å². The molecule has 2 unspecified atom stereocenters. The van der Waals surface area contributed by atoms with Gasteiger partial charge in [0, 0.05) is 12.0 Å². The summed E-state index contributed by atoms with van der Waals surface area (Å²) in [6.45, 7) is 5.68. The number of aryl methyl sites for hydroxylation is 2. The van der Waals surface area contributed by atoms with Crippen molar-refractivity contribution in [2.24, 2.45) is 5.92 Å². The number of hydrogen-bond donors (Lipinski definition) is 1. The fourth-order valence-electron chi connectivity index (χ4n) is 2.94. The van der Waals surface area contributed by atoms with Crippen molar-refractivity contribution < 1.29 is 14.3 Å². The number of anilines is 1. The Balaban J connectivity index is 2.24. The number of hydrogen-bond acceptors (Lipinski definition) is 3. The Morgan fingerprint density at radius 2 is 1.94 bits per heavy atom. The first-order chi connectivity index (χ1) is 8.45. The predicted molar refractivity (Wildman–Crippen MR) is 66.1 cm³/mol. The Morgan fingerprint density at radius 3 is 2.56 bits per heavy atom. The summed E-state index contributed by atoms with van der Waals surface area (Å²) in [5.41, 5.74) is 2.53. The molecule has 1 spiro atoms. The first kappa shape index (κ1) is 11.3. The summed E-state index contributed by atoms with van der Waals surface area (Å²) in [6, 6.07) is 3.93. The van der Waals surface area contributed by atoms with E-state index in [-0.39, 0.29) is 17.8 Å². The first-order valence-electron chi connectivity index (χ1n) is 6.11. The largest absolute Gasteiger partial charge is 0.444 e.